The highest BCUT2D eigenvalue weighted by atomic mass is 16.5. The minimum atomic E-state index is 0.431. The van der Waals surface area contributed by atoms with Crippen molar-refractivity contribution in [3.05, 3.63) is 29.8 Å². The molecular formula is C14H21N3O2. The zero-order valence-corrected chi connectivity index (χ0v) is 11.5. The third-order valence-electron chi connectivity index (χ3n) is 2.85. The number of nitrogens with zero attached hydrogens (tertiary/aromatic N) is 1. The Bertz CT molecular complexity index is 434. The molecule has 0 spiro atoms. The van der Waals surface area contributed by atoms with Crippen LogP contribution in [0.2, 0.25) is 0 Å². The van der Waals surface area contributed by atoms with Crippen LogP contribution >= 0.6 is 0 Å². The molecule has 0 aliphatic carbocycles. The first kappa shape index (κ1) is 13.7. The average Bonchev–Trinajstić information content (AvgIpc) is 2.84. The van der Waals surface area contributed by atoms with Crippen molar-refractivity contribution in [2.75, 3.05) is 26.8 Å². The molecule has 0 bridgehead atoms. The van der Waals surface area contributed by atoms with Gasteiger partial charge in [0.05, 0.1) is 26.9 Å². The molecule has 104 valence electrons. The fourth-order valence-corrected chi connectivity index (χ4v) is 1.85. The van der Waals surface area contributed by atoms with Gasteiger partial charge in [0.25, 0.3) is 0 Å². The summed E-state index contributed by atoms with van der Waals surface area (Å²) in [7, 11) is 1.67. The van der Waals surface area contributed by atoms with Crippen molar-refractivity contribution in [2.24, 2.45) is 4.99 Å². The van der Waals surface area contributed by atoms with Gasteiger partial charge in [0.2, 0.25) is 0 Å². The molecule has 0 aromatic heterocycles. The third kappa shape index (κ3) is 4.44. The van der Waals surface area contributed by atoms with E-state index in [-0.39, 0.29) is 0 Å². The minimum absolute atomic E-state index is 0.431. The van der Waals surface area contributed by atoms with Crippen LogP contribution in [-0.4, -0.2) is 38.8 Å². The second kappa shape index (κ2) is 6.99. The standard InChI is InChI=1S/C14H21N3O2/c1-11-9-16-14(17-11)15-6-7-19-10-12-4-3-5-13(8-12)18-2/h3-5,8,11H,6-7,9-10H2,1-2H3,(H2,15,16,17). The molecular weight excluding hydrogens is 242 g/mol. The van der Waals surface area contributed by atoms with Gasteiger partial charge in [-0.3, -0.25) is 4.99 Å². The highest BCUT2D eigenvalue weighted by Crippen LogP contribution is 2.12. The lowest BCUT2D eigenvalue weighted by atomic mass is 10.2. The monoisotopic (exact) mass is 263 g/mol. The summed E-state index contributed by atoms with van der Waals surface area (Å²) < 4.78 is 10.8. The Hall–Kier alpha value is -1.75. The molecule has 1 heterocycles. The minimum Gasteiger partial charge on any atom is -0.497 e. The normalized spacial score (nSPS) is 17.8. The van der Waals surface area contributed by atoms with E-state index >= 15 is 0 Å². The Kier molecular flexibility index (Phi) is 5.03. The number of benzene rings is 1. The van der Waals surface area contributed by atoms with Gasteiger partial charge in [-0.25, -0.2) is 0 Å². The molecule has 2 N–H and O–H groups in total. The molecule has 5 heteroatoms. The Morgan fingerprint density at radius 3 is 3.11 bits per heavy atom. The van der Waals surface area contributed by atoms with Crippen LogP contribution in [0.3, 0.4) is 0 Å². The molecule has 0 fully saturated rings. The summed E-state index contributed by atoms with van der Waals surface area (Å²) in [6, 6.07) is 8.34. The number of nitrogens with one attached hydrogen (secondary N) is 2. The van der Waals surface area contributed by atoms with E-state index in [9.17, 15) is 0 Å². The van der Waals surface area contributed by atoms with Crippen molar-refractivity contribution < 1.29 is 9.47 Å². The van der Waals surface area contributed by atoms with E-state index in [1.807, 2.05) is 24.3 Å². The SMILES string of the molecule is COc1cccc(COCCNC2=NCC(C)N2)c1. The van der Waals surface area contributed by atoms with Crippen molar-refractivity contribution in [3.63, 3.8) is 0 Å². The van der Waals surface area contributed by atoms with Crippen molar-refractivity contribution >= 4 is 5.96 Å². The van der Waals surface area contributed by atoms with Crippen LogP contribution in [0.1, 0.15) is 12.5 Å². The largest absolute Gasteiger partial charge is 0.497 e. The van der Waals surface area contributed by atoms with Gasteiger partial charge < -0.3 is 20.1 Å². The van der Waals surface area contributed by atoms with Crippen LogP contribution in [0, 0.1) is 0 Å². The van der Waals surface area contributed by atoms with Gasteiger partial charge in [-0.15, -0.1) is 0 Å². The molecule has 1 aromatic carbocycles. The van der Waals surface area contributed by atoms with Crippen LogP contribution in [0.15, 0.2) is 29.3 Å². The van der Waals surface area contributed by atoms with Crippen LogP contribution in [-0.2, 0) is 11.3 Å². The van der Waals surface area contributed by atoms with E-state index < -0.39 is 0 Å². The molecule has 0 saturated heterocycles. The summed E-state index contributed by atoms with van der Waals surface area (Å²) in [5.41, 5.74) is 1.12. The molecule has 1 aliphatic heterocycles. The average molecular weight is 263 g/mol. The van der Waals surface area contributed by atoms with Crippen LogP contribution in [0.25, 0.3) is 0 Å². The highest BCUT2D eigenvalue weighted by Gasteiger charge is 2.10. The maximum atomic E-state index is 5.61. The molecule has 0 amide bonds. The first-order valence-electron chi connectivity index (χ1n) is 6.53. The Labute approximate surface area is 114 Å². The molecule has 2 rings (SSSR count). The van der Waals surface area contributed by atoms with Gasteiger partial charge in [0, 0.05) is 12.6 Å². The molecule has 1 aliphatic rings. The second-order valence-electron chi connectivity index (χ2n) is 4.57. The number of hydrogen-bond acceptors (Lipinski definition) is 5. The van der Waals surface area contributed by atoms with E-state index in [0.717, 1.165) is 30.4 Å². The van der Waals surface area contributed by atoms with Crippen LogP contribution in [0.4, 0.5) is 0 Å². The fraction of sp³-hybridized carbons (Fsp3) is 0.500. The van der Waals surface area contributed by atoms with Crippen molar-refractivity contribution in [1.82, 2.24) is 10.6 Å². The lowest BCUT2D eigenvalue weighted by molar-refractivity contribution is 0.125. The van der Waals surface area contributed by atoms with Crippen molar-refractivity contribution in [3.8, 4) is 5.75 Å². The fourth-order valence-electron chi connectivity index (χ4n) is 1.85. The maximum Gasteiger partial charge on any atom is 0.191 e. The molecule has 1 aromatic rings. The predicted octanol–water partition coefficient (Wildman–Crippen LogP) is 1.15. The van der Waals surface area contributed by atoms with Gasteiger partial charge in [-0.05, 0) is 24.6 Å². The van der Waals surface area contributed by atoms with E-state index in [0.29, 0.717) is 19.3 Å². The van der Waals surface area contributed by atoms with E-state index in [1.54, 1.807) is 7.11 Å². The van der Waals surface area contributed by atoms with Gasteiger partial charge >= 0.3 is 0 Å². The topological polar surface area (TPSA) is 54.9 Å². The number of guanidine groups is 1. The lowest BCUT2D eigenvalue weighted by Crippen LogP contribution is -2.39. The molecule has 1 unspecified atom stereocenters. The lowest BCUT2D eigenvalue weighted by Gasteiger charge is -2.09. The predicted molar refractivity (Wildman–Crippen MR) is 75.6 cm³/mol. The number of rotatable bonds is 6. The summed E-state index contributed by atoms with van der Waals surface area (Å²) in [5, 5.41) is 6.45. The summed E-state index contributed by atoms with van der Waals surface area (Å²) in [5.74, 6) is 1.73. The first-order chi connectivity index (χ1) is 9.28. The number of ether oxygens (including phenoxy) is 2. The summed E-state index contributed by atoms with van der Waals surface area (Å²) >= 11 is 0. The van der Waals surface area contributed by atoms with Crippen LogP contribution < -0.4 is 15.4 Å². The van der Waals surface area contributed by atoms with Crippen LogP contribution in [0.5, 0.6) is 5.75 Å². The first-order valence-corrected chi connectivity index (χ1v) is 6.53. The molecule has 1 atom stereocenters. The molecule has 19 heavy (non-hydrogen) atoms. The summed E-state index contributed by atoms with van der Waals surface area (Å²) in [4.78, 5) is 4.32. The summed E-state index contributed by atoms with van der Waals surface area (Å²) in [6.07, 6.45) is 0. The van der Waals surface area contributed by atoms with Gasteiger partial charge in [-0.1, -0.05) is 12.1 Å². The number of hydrogen-bond donors (Lipinski definition) is 2. The quantitative estimate of drug-likeness (QED) is 0.756. The highest BCUT2D eigenvalue weighted by molar-refractivity contribution is 5.81. The molecule has 0 radical (unpaired) electrons. The van der Waals surface area contributed by atoms with Gasteiger partial charge in [-0.2, -0.15) is 0 Å². The number of methoxy groups -OCH3 is 1. The zero-order valence-electron chi connectivity index (χ0n) is 11.5. The molecule has 0 saturated carbocycles. The maximum absolute atomic E-state index is 5.61. The van der Waals surface area contributed by atoms with Gasteiger partial charge in [0.15, 0.2) is 5.96 Å². The number of aliphatic imine (C=N–C) groups is 1. The van der Waals surface area contributed by atoms with E-state index in [2.05, 4.69) is 22.5 Å². The van der Waals surface area contributed by atoms with E-state index in [1.165, 1.54) is 0 Å². The van der Waals surface area contributed by atoms with E-state index in [4.69, 9.17) is 9.47 Å². The summed E-state index contributed by atoms with van der Waals surface area (Å²) in [6.45, 7) is 4.94. The smallest absolute Gasteiger partial charge is 0.191 e. The molecule has 5 nitrogen and oxygen atoms in total. The van der Waals surface area contributed by atoms with Crippen molar-refractivity contribution in [2.45, 2.75) is 19.6 Å². The van der Waals surface area contributed by atoms with Crippen molar-refractivity contribution in [1.29, 1.82) is 0 Å². The Morgan fingerprint density at radius 2 is 2.37 bits per heavy atom. The third-order valence-corrected chi connectivity index (χ3v) is 2.85. The second-order valence-corrected chi connectivity index (χ2v) is 4.57. The Morgan fingerprint density at radius 1 is 1.47 bits per heavy atom. The van der Waals surface area contributed by atoms with Gasteiger partial charge in [0.1, 0.15) is 5.75 Å². The Balaban J connectivity index is 1.61. The zero-order chi connectivity index (χ0) is 13.5.